The van der Waals surface area contributed by atoms with Gasteiger partial charge in [-0.25, -0.2) is 4.79 Å². The summed E-state index contributed by atoms with van der Waals surface area (Å²) in [6.45, 7) is 1.16. The molecule has 0 aromatic heterocycles. The largest absolute Gasteiger partial charge is 0.496 e. The lowest BCUT2D eigenvalue weighted by Gasteiger charge is -2.31. The molecule has 1 aliphatic rings. The van der Waals surface area contributed by atoms with Gasteiger partial charge >= 0.3 is 6.09 Å². The van der Waals surface area contributed by atoms with Crippen molar-refractivity contribution in [1.29, 1.82) is 0 Å². The minimum Gasteiger partial charge on any atom is -0.496 e. The normalized spacial score (nSPS) is 15.2. The highest BCUT2D eigenvalue weighted by Crippen LogP contribution is 2.23. The van der Waals surface area contributed by atoms with E-state index in [-0.39, 0.29) is 24.5 Å². The fourth-order valence-electron chi connectivity index (χ4n) is 2.67. The monoisotopic (exact) mass is 340 g/mol. The molecule has 0 atom stereocenters. The second kappa shape index (κ2) is 8.06. The first-order chi connectivity index (χ1) is 11.0. The number of methoxy groups -OCH3 is 2. The van der Waals surface area contributed by atoms with Crippen LogP contribution in [0.1, 0.15) is 18.4 Å². The number of carbonyl (C=O) groups excluding carboxylic acids is 2. The number of ether oxygens (including phenoxy) is 2. The zero-order valence-corrected chi connectivity index (χ0v) is 14.1. The number of hydrogen-bond acceptors (Lipinski definition) is 4. The third-order valence-corrected chi connectivity index (χ3v) is 4.12. The maximum Gasteiger partial charge on any atom is 0.409 e. The molecule has 7 heteroatoms. The van der Waals surface area contributed by atoms with E-state index in [4.69, 9.17) is 21.1 Å². The Hall–Kier alpha value is -1.95. The predicted molar refractivity (Wildman–Crippen MR) is 86.9 cm³/mol. The van der Waals surface area contributed by atoms with Gasteiger partial charge in [0, 0.05) is 29.7 Å². The van der Waals surface area contributed by atoms with E-state index in [2.05, 4.69) is 5.32 Å². The van der Waals surface area contributed by atoms with Crippen molar-refractivity contribution in [2.45, 2.75) is 25.3 Å². The molecule has 0 spiro atoms. The molecule has 2 amide bonds. The highest BCUT2D eigenvalue weighted by molar-refractivity contribution is 6.30. The van der Waals surface area contributed by atoms with Crippen molar-refractivity contribution in [3.63, 3.8) is 0 Å². The van der Waals surface area contributed by atoms with Gasteiger partial charge in [-0.2, -0.15) is 0 Å². The second-order valence-corrected chi connectivity index (χ2v) is 5.87. The van der Waals surface area contributed by atoms with Crippen LogP contribution in [-0.2, 0) is 16.0 Å². The molecule has 1 aliphatic heterocycles. The lowest BCUT2D eigenvalue weighted by atomic mass is 10.0. The Morgan fingerprint density at radius 1 is 1.30 bits per heavy atom. The number of rotatable bonds is 4. The highest BCUT2D eigenvalue weighted by atomic mass is 35.5. The molecule has 0 bridgehead atoms. The molecule has 2 rings (SSSR count). The van der Waals surface area contributed by atoms with Crippen molar-refractivity contribution in [3.8, 4) is 5.75 Å². The molecule has 0 saturated carbocycles. The van der Waals surface area contributed by atoms with E-state index in [0.29, 0.717) is 36.7 Å². The third-order valence-electron chi connectivity index (χ3n) is 3.89. The fraction of sp³-hybridized carbons (Fsp3) is 0.500. The molecule has 23 heavy (non-hydrogen) atoms. The second-order valence-electron chi connectivity index (χ2n) is 5.43. The lowest BCUT2D eigenvalue weighted by molar-refractivity contribution is -0.121. The Balaban J connectivity index is 1.87. The van der Waals surface area contributed by atoms with Crippen LogP contribution in [0.5, 0.6) is 5.75 Å². The number of likely N-dealkylation sites (tertiary alicyclic amines) is 1. The summed E-state index contributed by atoms with van der Waals surface area (Å²) in [4.78, 5) is 25.3. The Morgan fingerprint density at radius 2 is 2.00 bits per heavy atom. The van der Waals surface area contributed by atoms with Crippen molar-refractivity contribution in [1.82, 2.24) is 10.2 Å². The van der Waals surface area contributed by atoms with E-state index in [1.54, 1.807) is 30.2 Å². The van der Waals surface area contributed by atoms with Crippen LogP contribution in [0.4, 0.5) is 4.79 Å². The lowest BCUT2D eigenvalue weighted by Crippen LogP contribution is -2.46. The highest BCUT2D eigenvalue weighted by Gasteiger charge is 2.24. The van der Waals surface area contributed by atoms with Crippen LogP contribution < -0.4 is 10.1 Å². The van der Waals surface area contributed by atoms with Gasteiger partial charge in [-0.3, -0.25) is 4.79 Å². The first-order valence-electron chi connectivity index (χ1n) is 7.48. The number of hydrogen-bond donors (Lipinski definition) is 1. The zero-order chi connectivity index (χ0) is 16.8. The number of halogens is 1. The van der Waals surface area contributed by atoms with Gasteiger partial charge in [0.05, 0.1) is 20.6 Å². The van der Waals surface area contributed by atoms with Crippen LogP contribution in [0.3, 0.4) is 0 Å². The summed E-state index contributed by atoms with van der Waals surface area (Å²) in [7, 11) is 2.93. The summed E-state index contributed by atoms with van der Waals surface area (Å²) < 4.78 is 9.94. The van der Waals surface area contributed by atoms with E-state index in [1.807, 2.05) is 0 Å². The Kier molecular flexibility index (Phi) is 6.10. The average molecular weight is 341 g/mol. The van der Waals surface area contributed by atoms with Crippen molar-refractivity contribution < 1.29 is 19.1 Å². The summed E-state index contributed by atoms with van der Waals surface area (Å²) in [5.74, 6) is 0.562. The molecular formula is C16H21ClN2O4. The van der Waals surface area contributed by atoms with Crippen LogP contribution in [0.15, 0.2) is 18.2 Å². The van der Waals surface area contributed by atoms with Crippen LogP contribution in [0.25, 0.3) is 0 Å². The quantitative estimate of drug-likeness (QED) is 0.912. The van der Waals surface area contributed by atoms with E-state index in [0.717, 1.165) is 5.56 Å². The van der Waals surface area contributed by atoms with Crippen molar-refractivity contribution in [2.75, 3.05) is 27.3 Å². The summed E-state index contributed by atoms with van der Waals surface area (Å²) in [6, 6.07) is 5.28. The van der Waals surface area contributed by atoms with Gasteiger partial charge in [0.1, 0.15) is 5.75 Å². The molecule has 1 fully saturated rings. The van der Waals surface area contributed by atoms with E-state index < -0.39 is 0 Å². The molecule has 1 N–H and O–H groups in total. The minimum atomic E-state index is -0.321. The minimum absolute atomic E-state index is 0.0635. The number of amides is 2. The van der Waals surface area contributed by atoms with Crippen molar-refractivity contribution in [2.24, 2.45) is 0 Å². The Bertz CT molecular complexity index is 571. The number of carbonyl (C=O) groups is 2. The number of nitrogens with zero attached hydrogens (tertiary/aromatic N) is 1. The zero-order valence-electron chi connectivity index (χ0n) is 13.3. The molecule has 1 heterocycles. The molecule has 0 radical (unpaired) electrons. The molecule has 0 unspecified atom stereocenters. The summed E-state index contributed by atoms with van der Waals surface area (Å²) in [5.41, 5.74) is 0.754. The summed E-state index contributed by atoms with van der Waals surface area (Å²) >= 11 is 5.97. The number of benzene rings is 1. The Morgan fingerprint density at radius 3 is 2.61 bits per heavy atom. The molecule has 1 saturated heterocycles. The van der Waals surface area contributed by atoms with Crippen molar-refractivity contribution in [3.05, 3.63) is 28.8 Å². The number of piperidine rings is 1. The van der Waals surface area contributed by atoms with Gasteiger partial charge in [-0.1, -0.05) is 11.6 Å². The third kappa shape index (κ3) is 4.76. The van der Waals surface area contributed by atoms with Gasteiger partial charge in [0.25, 0.3) is 0 Å². The Labute approximate surface area is 140 Å². The van der Waals surface area contributed by atoms with Crippen molar-refractivity contribution >= 4 is 23.6 Å². The van der Waals surface area contributed by atoms with Crippen LogP contribution in [0.2, 0.25) is 5.02 Å². The molecular weight excluding hydrogens is 320 g/mol. The van der Waals surface area contributed by atoms with Gasteiger partial charge < -0.3 is 19.7 Å². The average Bonchev–Trinajstić information content (AvgIpc) is 2.55. The molecule has 126 valence electrons. The SMILES string of the molecule is COC(=O)N1CCC(NC(=O)Cc2cc(Cl)ccc2OC)CC1. The van der Waals surface area contributed by atoms with E-state index >= 15 is 0 Å². The maximum atomic E-state index is 12.2. The molecule has 1 aromatic rings. The van der Waals surface area contributed by atoms with Crippen LogP contribution in [-0.4, -0.2) is 50.3 Å². The predicted octanol–water partition coefficient (Wildman–Crippen LogP) is 2.24. The first-order valence-corrected chi connectivity index (χ1v) is 7.86. The van der Waals surface area contributed by atoms with Gasteiger partial charge in [-0.05, 0) is 31.0 Å². The molecule has 6 nitrogen and oxygen atoms in total. The van der Waals surface area contributed by atoms with E-state index in [1.165, 1.54) is 7.11 Å². The molecule has 0 aliphatic carbocycles. The number of nitrogens with one attached hydrogen (secondary N) is 1. The van der Waals surface area contributed by atoms with Crippen LogP contribution in [0, 0.1) is 0 Å². The smallest absolute Gasteiger partial charge is 0.409 e. The van der Waals surface area contributed by atoms with Gasteiger partial charge in [0.2, 0.25) is 5.91 Å². The topological polar surface area (TPSA) is 67.9 Å². The summed E-state index contributed by atoms with van der Waals surface area (Å²) in [5, 5.41) is 3.57. The maximum absolute atomic E-state index is 12.2. The molecule has 1 aromatic carbocycles. The van der Waals surface area contributed by atoms with Gasteiger partial charge in [0.15, 0.2) is 0 Å². The van der Waals surface area contributed by atoms with Gasteiger partial charge in [-0.15, -0.1) is 0 Å². The van der Waals surface area contributed by atoms with E-state index in [9.17, 15) is 9.59 Å². The first kappa shape index (κ1) is 17.4. The fourth-order valence-corrected chi connectivity index (χ4v) is 2.87. The summed E-state index contributed by atoms with van der Waals surface area (Å²) in [6.07, 6.45) is 1.32. The van der Waals surface area contributed by atoms with Crippen LogP contribution >= 0.6 is 11.6 Å². The standard InChI is InChI=1S/C16H21ClN2O4/c1-22-14-4-3-12(17)9-11(14)10-15(20)18-13-5-7-19(8-6-13)16(21)23-2/h3-4,9,13H,5-8,10H2,1-2H3,(H,18,20).